The Balaban J connectivity index is 2.22. The summed E-state index contributed by atoms with van der Waals surface area (Å²) in [6, 6.07) is 7.61. The van der Waals surface area contributed by atoms with Crippen LogP contribution in [0.3, 0.4) is 0 Å². The van der Waals surface area contributed by atoms with Gasteiger partial charge < -0.3 is 9.88 Å². The molecule has 3 nitrogen and oxygen atoms in total. The summed E-state index contributed by atoms with van der Waals surface area (Å²) in [4.78, 5) is 15.7. The predicted octanol–water partition coefficient (Wildman–Crippen LogP) is 1.80. The van der Waals surface area contributed by atoms with Gasteiger partial charge in [-0.15, -0.1) is 0 Å². The Hall–Kier alpha value is -1.77. The minimum atomic E-state index is -2.39. The number of amides is 1. The van der Waals surface area contributed by atoms with Crippen LogP contribution in [0.1, 0.15) is 9.68 Å². The first kappa shape index (κ1) is 6.67. The first-order valence-corrected chi connectivity index (χ1v) is 4.71. The molecule has 1 amide bonds. The molecule has 0 aliphatic rings. The van der Waals surface area contributed by atoms with Gasteiger partial charge in [0, 0.05) is 35.2 Å². The zero-order valence-electron chi connectivity index (χ0n) is 11.4. The van der Waals surface area contributed by atoms with Gasteiger partial charge in [-0.05, 0) is 11.6 Å². The molecule has 0 bridgehead atoms. The minimum Gasteiger partial charge on any atom is -0.361 e. The van der Waals surface area contributed by atoms with Crippen LogP contribution in [0.4, 0.5) is 0 Å². The molecule has 1 aromatic carbocycles. The number of benzene rings is 1. The highest BCUT2D eigenvalue weighted by Gasteiger charge is 2.09. The van der Waals surface area contributed by atoms with Gasteiger partial charge in [0.1, 0.15) is 0 Å². The second kappa shape index (κ2) is 3.77. The quantitative estimate of drug-likeness (QED) is 0.797. The number of nitrogens with one attached hydrogen (secondary N) is 1. The van der Waals surface area contributed by atoms with Crippen molar-refractivity contribution in [2.24, 2.45) is 0 Å². The summed E-state index contributed by atoms with van der Waals surface area (Å²) in [5, 5.41) is 0.949. The maximum Gasteiger partial charge on any atom is 0.226 e. The Morgan fingerprint density at radius 3 is 3.13 bits per heavy atom. The number of H-pyrrole nitrogens is 1. The van der Waals surface area contributed by atoms with E-state index < -0.39 is 12.9 Å². The molecule has 2 aromatic rings. The molecule has 15 heavy (non-hydrogen) atoms. The third-order valence-corrected chi connectivity index (χ3v) is 2.39. The van der Waals surface area contributed by atoms with E-state index in [9.17, 15) is 4.79 Å². The van der Waals surface area contributed by atoms with Crippen molar-refractivity contribution >= 4 is 16.8 Å². The molecule has 0 saturated carbocycles. The monoisotopic (exact) mass is 205 g/mol. The highest BCUT2D eigenvalue weighted by atomic mass is 16.2. The lowest BCUT2D eigenvalue weighted by Gasteiger charge is -2.08. The van der Waals surface area contributed by atoms with Crippen LogP contribution in [0, 0.1) is 0 Å². The molecule has 0 atom stereocenters. The van der Waals surface area contributed by atoms with Crippen LogP contribution >= 0.6 is 0 Å². The number of aromatic amines is 1. The number of aromatic nitrogens is 1. The molecule has 0 spiro atoms. The molecule has 1 heterocycles. The number of carbonyl (C=O) groups excluding carboxylic acids is 1. The standard InChI is InChI=1S/C12H14N2O/c1-14(2)12(15)7-9-8-13-11-6-4-3-5-10(9)11/h3-6,8,13H,7H2,1-2H3/i1D3. The molecule has 0 aliphatic carbocycles. The Labute approximate surface area is 92.9 Å². The largest absolute Gasteiger partial charge is 0.361 e. The highest BCUT2D eigenvalue weighted by molar-refractivity contribution is 5.88. The summed E-state index contributed by atoms with van der Waals surface area (Å²) in [7, 11) is 1.30. The van der Waals surface area contributed by atoms with Crippen LogP contribution in [0.25, 0.3) is 10.9 Å². The zero-order chi connectivity index (χ0) is 13.3. The Morgan fingerprint density at radius 2 is 2.33 bits per heavy atom. The van der Waals surface area contributed by atoms with E-state index in [1.54, 1.807) is 6.20 Å². The van der Waals surface area contributed by atoms with E-state index in [1.807, 2.05) is 24.3 Å². The first-order valence-electron chi connectivity index (χ1n) is 6.21. The smallest absolute Gasteiger partial charge is 0.226 e. The van der Waals surface area contributed by atoms with Gasteiger partial charge in [-0.1, -0.05) is 18.2 Å². The summed E-state index contributed by atoms with van der Waals surface area (Å²) in [6.45, 7) is -2.39. The summed E-state index contributed by atoms with van der Waals surface area (Å²) >= 11 is 0. The lowest BCUT2D eigenvalue weighted by atomic mass is 10.1. The molecular formula is C12H14N2O. The zero-order valence-corrected chi connectivity index (χ0v) is 8.45. The summed E-state index contributed by atoms with van der Waals surface area (Å²) in [5.74, 6) is -0.417. The van der Waals surface area contributed by atoms with Crippen molar-refractivity contribution in [2.75, 3.05) is 14.0 Å². The van der Waals surface area contributed by atoms with Crippen molar-refractivity contribution in [1.29, 1.82) is 0 Å². The number of para-hydroxylation sites is 1. The topological polar surface area (TPSA) is 36.1 Å². The number of likely N-dealkylation sites (N-methyl/N-ethyl adjacent to an activating group) is 1. The highest BCUT2D eigenvalue weighted by Crippen LogP contribution is 2.18. The predicted molar refractivity (Wildman–Crippen MR) is 60.7 cm³/mol. The van der Waals surface area contributed by atoms with Crippen molar-refractivity contribution in [3.8, 4) is 0 Å². The second-order valence-electron chi connectivity index (χ2n) is 3.49. The number of fused-ring (bicyclic) bond motifs is 1. The van der Waals surface area contributed by atoms with Crippen molar-refractivity contribution in [3.05, 3.63) is 36.0 Å². The Kier molecular flexibility index (Phi) is 1.67. The van der Waals surface area contributed by atoms with E-state index in [2.05, 4.69) is 4.98 Å². The molecule has 0 radical (unpaired) electrons. The van der Waals surface area contributed by atoms with Crippen LogP contribution in [0.15, 0.2) is 30.5 Å². The number of rotatable bonds is 2. The summed E-state index contributed by atoms with van der Waals surface area (Å²) < 4.78 is 21.6. The molecular weight excluding hydrogens is 188 g/mol. The number of carbonyl (C=O) groups is 1. The average molecular weight is 205 g/mol. The van der Waals surface area contributed by atoms with Gasteiger partial charge in [-0.25, -0.2) is 0 Å². The fraction of sp³-hybridized carbons (Fsp3) is 0.250. The van der Waals surface area contributed by atoms with Crippen LogP contribution in [-0.4, -0.2) is 29.8 Å². The van der Waals surface area contributed by atoms with E-state index in [1.165, 1.54) is 7.05 Å². The molecule has 78 valence electrons. The van der Waals surface area contributed by atoms with E-state index in [4.69, 9.17) is 4.11 Å². The van der Waals surface area contributed by atoms with Crippen molar-refractivity contribution in [2.45, 2.75) is 6.42 Å². The Bertz CT molecular complexity index is 574. The van der Waals surface area contributed by atoms with Crippen LogP contribution < -0.4 is 0 Å². The SMILES string of the molecule is [2H]C([2H])([2H])N(C)C(=O)Cc1c[nH]c2ccccc12. The third kappa shape index (κ3) is 1.86. The van der Waals surface area contributed by atoms with E-state index in [0.717, 1.165) is 21.4 Å². The molecule has 1 aromatic heterocycles. The van der Waals surface area contributed by atoms with Crippen LogP contribution in [-0.2, 0) is 11.2 Å². The molecule has 0 fully saturated rings. The first-order chi connectivity index (χ1) is 8.39. The number of hydrogen-bond acceptors (Lipinski definition) is 1. The molecule has 0 saturated heterocycles. The van der Waals surface area contributed by atoms with Gasteiger partial charge in [0.15, 0.2) is 0 Å². The molecule has 1 N–H and O–H groups in total. The normalized spacial score (nSPS) is 14.3. The molecule has 0 aliphatic heterocycles. The maximum absolute atomic E-state index is 11.9. The van der Waals surface area contributed by atoms with Gasteiger partial charge in [0.2, 0.25) is 5.91 Å². The third-order valence-electron chi connectivity index (χ3n) is 2.39. The van der Waals surface area contributed by atoms with Crippen LogP contribution in [0.2, 0.25) is 0 Å². The van der Waals surface area contributed by atoms with Gasteiger partial charge in [0.25, 0.3) is 0 Å². The van der Waals surface area contributed by atoms with Crippen molar-refractivity contribution in [1.82, 2.24) is 9.88 Å². The second-order valence-corrected chi connectivity index (χ2v) is 3.49. The number of nitrogens with zero attached hydrogens (tertiary/aromatic N) is 1. The lowest BCUT2D eigenvalue weighted by molar-refractivity contribution is -0.127. The van der Waals surface area contributed by atoms with Crippen molar-refractivity contribution in [3.63, 3.8) is 0 Å². The number of hydrogen-bond donors (Lipinski definition) is 1. The fourth-order valence-corrected chi connectivity index (χ4v) is 1.56. The van der Waals surface area contributed by atoms with Gasteiger partial charge in [-0.2, -0.15) is 0 Å². The van der Waals surface area contributed by atoms with Gasteiger partial charge >= 0.3 is 0 Å². The molecule has 0 unspecified atom stereocenters. The van der Waals surface area contributed by atoms with Gasteiger partial charge in [0.05, 0.1) is 6.42 Å². The summed E-state index contributed by atoms with van der Waals surface area (Å²) in [6.07, 6.45) is 1.83. The average Bonchev–Trinajstić information content (AvgIpc) is 2.70. The minimum absolute atomic E-state index is 0.0822. The molecule has 2 rings (SSSR count). The Morgan fingerprint density at radius 1 is 1.53 bits per heavy atom. The molecule has 3 heteroatoms. The van der Waals surface area contributed by atoms with Crippen molar-refractivity contribution < 1.29 is 8.91 Å². The van der Waals surface area contributed by atoms with E-state index in [-0.39, 0.29) is 6.42 Å². The maximum atomic E-state index is 11.9. The van der Waals surface area contributed by atoms with E-state index >= 15 is 0 Å². The van der Waals surface area contributed by atoms with Crippen LogP contribution in [0.5, 0.6) is 0 Å². The summed E-state index contributed by atoms with van der Waals surface area (Å²) in [5.41, 5.74) is 1.75. The fourth-order valence-electron chi connectivity index (χ4n) is 1.56. The lowest BCUT2D eigenvalue weighted by Crippen LogP contribution is -2.23. The van der Waals surface area contributed by atoms with E-state index in [0.29, 0.717) is 0 Å². The van der Waals surface area contributed by atoms with Gasteiger partial charge in [-0.3, -0.25) is 4.79 Å².